The van der Waals surface area contributed by atoms with Gasteiger partial charge in [-0.05, 0) is 30.9 Å². The largest absolute Gasteiger partial charge is 0.338 e. The van der Waals surface area contributed by atoms with Crippen LogP contribution in [0.1, 0.15) is 31.2 Å². The maximum atomic E-state index is 11.6. The minimum Gasteiger partial charge on any atom is -0.338 e. The predicted molar refractivity (Wildman–Crippen MR) is 82.7 cm³/mol. The summed E-state index contributed by atoms with van der Waals surface area (Å²) in [7, 11) is 0. The molecule has 0 aromatic heterocycles. The number of benzene rings is 1. The highest BCUT2D eigenvalue weighted by Crippen LogP contribution is 2.27. The first kappa shape index (κ1) is 14.4. The van der Waals surface area contributed by atoms with Crippen molar-refractivity contribution in [3.05, 3.63) is 59.7 Å². The summed E-state index contributed by atoms with van der Waals surface area (Å²) < 4.78 is 0. The first-order valence-corrected chi connectivity index (χ1v) is 7.24. The van der Waals surface area contributed by atoms with Crippen molar-refractivity contribution in [2.75, 3.05) is 13.1 Å². The second kappa shape index (κ2) is 7.53. The Labute approximate surface area is 120 Å². The normalized spacial score (nSPS) is 15.3. The zero-order chi connectivity index (χ0) is 14.2. The van der Waals surface area contributed by atoms with E-state index in [-0.39, 0.29) is 11.9 Å². The van der Waals surface area contributed by atoms with Crippen LogP contribution in [0, 0.1) is 0 Å². The van der Waals surface area contributed by atoms with Crippen LogP contribution in [0.15, 0.2) is 54.1 Å². The van der Waals surface area contributed by atoms with Crippen LogP contribution in [0.2, 0.25) is 0 Å². The Morgan fingerprint density at radius 2 is 2.00 bits per heavy atom. The lowest BCUT2D eigenvalue weighted by atomic mass is 9.88. The highest BCUT2D eigenvalue weighted by molar-refractivity contribution is 5.73. The van der Waals surface area contributed by atoms with E-state index in [0.29, 0.717) is 13.1 Å². The average molecular weight is 270 g/mol. The van der Waals surface area contributed by atoms with Gasteiger partial charge in [-0.3, -0.25) is 0 Å². The Kier molecular flexibility index (Phi) is 5.42. The van der Waals surface area contributed by atoms with Gasteiger partial charge in [0.05, 0.1) is 0 Å². The third kappa shape index (κ3) is 3.98. The maximum absolute atomic E-state index is 11.6. The molecule has 1 atom stereocenters. The highest BCUT2D eigenvalue weighted by atomic mass is 16.2. The monoisotopic (exact) mass is 270 g/mol. The fourth-order valence-electron chi connectivity index (χ4n) is 2.42. The molecule has 0 fully saturated rings. The fourth-order valence-corrected chi connectivity index (χ4v) is 2.42. The summed E-state index contributed by atoms with van der Waals surface area (Å²) in [6.07, 6.45) is 8.85. The standard InChI is InChI=1S/C17H22N2O/c1-2-18-17(20)19-13-16(14-9-5-3-6-10-14)15-11-7-4-8-12-15/h3,5-7,9-12,16H,2,4,8,13H2,1H3,(H2,18,19,20). The molecule has 0 saturated heterocycles. The lowest BCUT2D eigenvalue weighted by Crippen LogP contribution is -2.37. The first-order valence-electron chi connectivity index (χ1n) is 7.24. The number of hydrogen-bond donors (Lipinski definition) is 2. The molecule has 0 heterocycles. The lowest BCUT2D eigenvalue weighted by Gasteiger charge is -2.21. The SMILES string of the molecule is CCNC(=O)NCC(C1=CCCC=C1)c1ccccc1. The average Bonchev–Trinajstić information content (AvgIpc) is 2.50. The third-order valence-corrected chi connectivity index (χ3v) is 3.43. The lowest BCUT2D eigenvalue weighted by molar-refractivity contribution is 0.241. The van der Waals surface area contributed by atoms with Gasteiger partial charge in [-0.1, -0.05) is 48.6 Å². The number of urea groups is 1. The quantitative estimate of drug-likeness (QED) is 0.846. The Morgan fingerprint density at radius 1 is 1.20 bits per heavy atom. The van der Waals surface area contributed by atoms with Crippen LogP contribution >= 0.6 is 0 Å². The van der Waals surface area contributed by atoms with Gasteiger partial charge in [0, 0.05) is 19.0 Å². The van der Waals surface area contributed by atoms with E-state index in [1.165, 1.54) is 11.1 Å². The molecule has 1 unspecified atom stereocenters. The zero-order valence-electron chi connectivity index (χ0n) is 11.9. The summed E-state index contributed by atoms with van der Waals surface area (Å²) in [5.74, 6) is 0.218. The van der Waals surface area contributed by atoms with E-state index < -0.39 is 0 Å². The molecule has 106 valence electrons. The van der Waals surface area contributed by atoms with Crippen LogP contribution in [0.4, 0.5) is 4.79 Å². The van der Waals surface area contributed by atoms with Crippen LogP contribution in [0.25, 0.3) is 0 Å². The van der Waals surface area contributed by atoms with Crippen LogP contribution in [-0.2, 0) is 0 Å². The van der Waals surface area contributed by atoms with Crippen molar-refractivity contribution >= 4 is 6.03 Å². The number of nitrogens with one attached hydrogen (secondary N) is 2. The molecule has 1 aromatic rings. The molecule has 20 heavy (non-hydrogen) atoms. The van der Waals surface area contributed by atoms with E-state index in [4.69, 9.17) is 0 Å². The summed E-state index contributed by atoms with van der Waals surface area (Å²) in [6, 6.07) is 10.2. The van der Waals surface area contributed by atoms with E-state index in [0.717, 1.165) is 12.8 Å². The molecule has 1 aliphatic carbocycles. The second-order valence-corrected chi connectivity index (χ2v) is 4.89. The Bertz CT molecular complexity index is 491. The van der Waals surface area contributed by atoms with Gasteiger partial charge in [-0.25, -0.2) is 4.79 Å². The number of amides is 2. The van der Waals surface area contributed by atoms with E-state index in [2.05, 4.69) is 41.0 Å². The van der Waals surface area contributed by atoms with E-state index >= 15 is 0 Å². The second-order valence-electron chi connectivity index (χ2n) is 4.89. The molecule has 2 amide bonds. The minimum absolute atomic E-state index is 0.103. The van der Waals surface area contributed by atoms with Crippen LogP contribution in [0.5, 0.6) is 0 Å². The number of rotatable bonds is 5. The van der Waals surface area contributed by atoms with Gasteiger partial charge in [0.1, 0.15) is 0 Å². The fraction of sp³-hybridized carbons (Fsp3) is 0.353. The molecule has 0 spiro atoms. The number of carbonyl (C=O) groups is 1. The molecule has 1 aliphatic rings. The van der Waals surface area contributed by atoms with Gasteiger partial charge >= 0.3 is 6.03 Å². The summed E-state index contributed by atoms with van der Waals surface area (Å²) in [5.41, 5.74) is 2.53. The van der Waals surface area contributed by atoms with Crippen molar-refractivity contribution in [1.82, 2.24) is 10.6 Å². The molecule has 3 heteroatoms. The van der Waals surface area contributed by atoms with Crippen molar-refractivity contribution in [1.29, 1.82) is 0 Å². The van der Waals surface area contributed by atoms with Gasteiger partial charge in [0.2, 0.25) is 0 Å². The molecule has 0 saturated carbocycles. The predicted octanol–water partition coefficient (Wildman–Crippen LogP) is 3.37. The molecule has 0 radical (unpaired) electrons. The van der Waals surface area contributed by atoms with Crippen molar-refractivity contribution in [3.8, 4) is 0 Å². The summed E-state index contributed by atoms with van der Waals surface area (Å²) in [6.45, 7) is 3.18. The number of carbonyl (C=O) groups excluding carboxylic acids is 1. The molecular formula is C17H22N2O. The molecule has 2 N–H and O–H groups in total. The molecule has 3 nitrogen and oxygen atoms in total. The summed E-state index contributed by atoms with van der Waals surface area (Å²) in [5, 5.41) is 5.72. The summed E-state index contributed by atoms with van der Waals surface area (Å²) >= 11 is 0. The Balaban J connectivity index is 2.10. The van der Waals surface area contributed by atoms with E-state index in [1.807, 2.05) is 25.1 Å². The Morgan fingerprint density at radius 3 is 2.65 bits per heavy atom. The third-order valence-electron chi connectivity index (χ3n) is 3.43. The summed E-state index contributed by atoms with van der Waals surface area (Å²) in [4.78, 5) is 11.6. The van der Waals surface area contributed by atoms with Crippen LogP contribution in [-0.4, -0.2) is 19.1 Å². The van der Waals surface area contributed by atoms with Crippen LogP contribution in [0.3, 0.4) is 0 Å². The minimum atomic E-state index is -0.103. The maximum Gasteiger partial charge on any atom is 0.314 e. The molecule has 2 rings (SSSR count). The van der Waals surface area contributed by atoms with E-state index in [1.54, 1.807) is 0 Å². The van der Waals surface area contributed by atoms with Crippen molar-refractivity contribution in [3.63, 3.8) is 0 Å². The molecule has 0 bridgehead atoms. The smallest absolute Gasteiger partial charge is 0.314 e. The van der Waals surface area contributed by atoms with E-state index in [9.17, 15) is 4.79 Å². The van der Waals surface area contributed by atoms with Crippen molar-refractivity contribution in [2.45, 2.75) is 25.7 Å². The van der Waals surface area contributed by atoms with Gasteiger partial charge in [0.15, 0.2) is 0 Å². The van der Waals surface area contributed by atoms with Gasteiger partial charge < -0.3 is 10.6 Å². The topological polar surface area (TPSA) is 41.1 Å². The van der Waals surface area contributed by atoms with Gasteiger partial charge in [-0.2, -0.15) is 0 Å². The number of allylic oxidation sites excluding steroid dienone is 3. The van der Waals surface area contributed by atoms with Crippen LogP contribution < -0.4 is 10.6 Å². The molecular weight excluding hydrogens is 248 g/mol. The van der Waals surface area contributed by atoms with Crippen molar-refractivity contribution < 1.29 is 4.79 Å². The highest BCUT2D eigenvalue weighted by Gasteiger charge is 2.16. The molecule has 0 aliphatic heterocycles. The van der Waals surface area contributed by atoms with Crippen molar-refractivity contribution in [2.24, 2.45) is 0 Å². The van der Waals surface area contributed by atoms with Gasteiger partial charge in [0.25, 0.3) is 0 Å². The Hall–Kier alpha value is -2.03. The number of hydrogen-bond acceptors (Lipinski definition) is 1. The zero-order valence-corrected chi connectivity index (χ0v) is 11.9. The first-order chi connectivity index (χ1) is 9.81. The van der Waals surface area contributed by atoms with Gasteiger partial charge in [-0.15, -0.1) is 0 Å². The molecule has 1 aromatic carbocycles.